The molecule has 0 aliphatic carbocycles. The molecule has 1 aliphatic heterocycles. The van der Waals surface area contributed by atoms with E-state index in [1.807, 2.05) is 0 Å². The predicted molar refractivity (Wildman–Crippen MR) is 105 cm³/mol. The molecule has 1 heterocycles. The van der Waals surface area contributed by atoms with Crippen molar-refractivity contribution < 1.29 is 17.9 Å². The van der Waals surface area contributed by atoms with E-state index in [1.165, 1.54) is 42.5 Å². The second-order valence-corrected chi connectivity index (χ2v) is 8.63. The molecule has 3 rings (SSSR count). The number of carbonyl (C=O) groups is 1. The van der Waals surface area contributed by atoms with Crippen LogP contribution >= 0.6 is 23.2 Å². The molecule has 0 saturated carbocycles. The van der Waals surface area contributed by atoms with E-state index < -0.39 is 10.0 Å². The Bertz CT molecular complexity index is 927. The Morgan fingerprint density at radius 2 is 1.89 bits per heavy atom. The van der Waals surface area contributed by atoms with Crippen molar-refractivity contribution in [1.82, 2.24) is 5.32 Å². The molecule has 1 atom stereocenters. The fourth-order valence-electron chi connectivity index (χ4n) is 2.70. The Morgan fingerprint density at radius 1 is 1.15 bits per heavy atom. The van der Waals surface area contributed by atoms with Gasteiger partial charge in [-0.1, -0.05) is 23.2 Å². The van der Waals surface area contributed by atoms with E-state index in [0.717, 1.165) is 12.8 Å². The summed E-state index contributed by atoms with van der Waals surface area (Å²) in [6, 6.07) is 10.1. The smallest absolute Gasteiger partial charge is 0.261 e. The lowest BCUT2D eigenvalue weighted by Crippen LogP contribution is -2.32. The molecule has 2 N–H and O–H groups in total. The molecule has 6 nitrogen and oxygen atoms in total. The maximum atomic E-state index is 12.5. The monoisotopic (exact) mass is 428 g/mol. The first kappa shape index (κ1) is 19.9. The molecule has 1 amide bonds. The summed E-state index contributed by atoms with van der Waals surface area (Å²) in [7, 11) is -3.81. The molecule has 2 aromatic carbocycles. The standard InChI is InChI=1S/C18H18Cl2N2O4S/c19-12-3-6-15(7-4-12)27(24,25)22-13-5-8-17(20)16(10-13)18(23)21-11-14-2-1-9-26-14/h3-8,10,14,22H,1-2,9,11H2,(H,21,23). The number of nitrogens with one attached hydrogen (secondary N) is 2. The molecule has 1 aliphatic rings. The molecule has 0 radical (unpaired) electrons. The van der Waals surface area contributed by atoms with Crippen molar-refractivity contribution >= 4 is 44.8 Å². The summed E-state index contributed by atoms with van der Waals surface area (Å²) < 4.78 is 32.9. The number of benzene rings is 2. The number of ether oxygens (including phenoxy) is 1. The van der Waals surface area contributed by atoms with E-state index in [1.54, 1.807) is 0 Å². The van der Waals surface area contributed by atoms with Crippen molar-refractivity contribution in [1.29, 1.82) is 0 Å². The average molecular weight is 429 g/mol. The number of carbonyl (C=O) groups excluding carboxylic acids is 1. The SMILES string of the molecule is O=C(NCC1CCCO1)c1cc(NS(=O)(=O)c2ccc(Cl)cc2)ccc1Cl. The van der Waals surface area contributed by atoms with Crippen LogP contribution in [0.15, 0.2) is 47.4 Å². The van der Waals surface area contributed by atoms with Gasteiger partial charge in [-0.2, -0.15) is 0 Å². The van der Waals surface area contributed by atoms with E-state index in [2.05, 4.69) is 10.0 Å². The van der Waals surface area contributed by atoms with Crippen LogP contribution in [0.5, 0.6) is 0 Å². The van der Waals surface area contributed by atoms with Crippen LogP contribution in [0.1, 0.15) is 23.2 Å². The predicted octanol–water partition coefficient (Wildman–Crippen LogP) is 3.70. The van der Waals surface area contributed by atoms with Gasteiger partial charge in [0.25, 0.3) is 15.9 Å². The van der Waals surface area contributed by atoms with Gasteiger partial charge in [0, 0.05) is 23.9 Å². The van der Waals surface area contributed by atoms with Gasteiger partial charge in [0.05, 0.1) is 21.6 Å². The fourth-order valence-corrected chi connectivity index (χ4v) is 4.08. The second kappa shape index (κ2) is 8.48. The lowest BCUT2D eigenvalue weighted by Gasteiger charge is -2.13. The lowest BCUT2D eigenvalue weighted by molar-refractivity contribution is 0.0858. The molecule has 0 spiro atoms. The molecule has 1 fully saturated rings. The highest BCUT2D eigenvalue weighted by Crippen LogP contribution is 2.24. The minimum Gasteiger partial charge on any atom is -0.376 e. The quantitative estimate of drug-likeness (QED) is 0.734. The summed E-state index contributed by atoms with van der Waals surface area (Å²) in [5.74, 6) is -0.386. The van der Waals surface area contributed by atoms with Gasteiger partial charge in [-0.15, -0.1) is 0 Å². The molecule has 1 saturated heterocycles. The van der Waals surface area contributed by atoms with Crippen molar-refractivity contribution in [2.24, 2.45) is 0 Å². The Morgan fingerprint density at radius 3 is 2.56 bits per heavy atom. The van der Waals surface area contributed by atoms with Gasteiger partial charge in [0.2, 0.25) is 0 Å². The number of rotatable bonds is 6. The third kappa shape index (κ3) is 5.13. The Balaban J connectivity index is 1.74. The molecule has 1 unspecified atom stereocenters. The summed E-state index contributed by atoms with van der Waals surface area (Å²) in [5.41, 5.74) is 0.419. The van der Waals surface area contributed by atoms with Crippen LogP contribution in [0.25, 0.3) is 0 Å². The fraction of sp³-hybridized carbons (Fsp3) is 0.278. The van der Waals surface area contributed by atoms with Crippen LogP contribution in [-0.4, -0.2) is 33.6 Å². The zero-order chi connectivity index (χ0) is 19.4. The van der Waals surface area contributed by atoms with Gasteiger partial charge in [0.1, 0.15) is 0 Å². The number of halogens is 2. The summed E-state index contributed by atoms with van der Waals surface area (Å²) in [5, 5.41) is 3.44. The highest BCUT2D eigenvalue weighted by Gasteiger charge is 2.19. The van der Waals surface area contributed by atoms with Crippen LogP contribution in [0.3, 0.4) is 0 Å². The van der Waals surface area contributed by atoms with E-state index in [4.69, 9.17) is 27.9 Å². The highest BCUT2D eigenvalue weighted by atomic mass is 35.5. The third-order valence-corrected chi connectivity index (χ3v) is 6.08. The van der Waals surface area contributed by atoms with E-state index in [9.17, 15) is 13.2 Å². The molecular formula is C18H18Cl2N2O4S. The van der Waals surface area contributed by atoms with Crippen LogP contribution < -0.4 is 10.0 Å². The van der Waals surface area contributed by atoms with Crippen molar-refractivity contribution in [3.05, 3.63) is 58.1 Å². The van der Waals surface area contributed by atoms with Crippen molar-refractivity contribution in [3.63, 3.8) is 0 Å². The Hall–Kier alpha value is -1.80. The van der Waals surface area contributed by atoms with Crippen molar-refractivity contribution in [3.8, 4) is 0 Å². The zero-order valence-electron chi connectivity index (χ0n) is 14.2. The minimum absolute atomic E-state index is 0.000634. The molecule has 27 heavy (non-hydrogen) atoms. The third-order valence-electron chi connectivity index (χ3n) is 4.10. The van der Waals surface area contributed by atoms with Crippen LogP contribution in [0.4, 0.5) is 5.69 Å². The van der Waals surface area contributed by atoms with Crippen molar-refractivity contribution in [2.45, 2.75) is 23.8 Å². The summed E-state index contributed by atoms with van der Waals surface area (Å²) in [6.45, 7) is 1.08. The van der Waals surface area contributed by atoms with Crippen LogP contribution in [-0.2, 0) is 14.8 Å². The number of hydrogen-bond donors (Lipinski definition) is 2. The lowest BCUT2D eigenvalue weighted by atomic mass is 10.2. The largest absolute Gasteiger partial charge is 0.376 e. The first-order chi connectivity index (χ1) is 12.8. The first-order valence-electron chi connectivity index (χ1n) is 8.33. The summed E-state index contributed by atoms with van der Waals surface area (Å²) in [4.78, 5) is 12.5. The van der Waals surface area contributed by atoms with Gasteiger partial charge >= 0.3 is 0 Å². The number of anilines is 1. The van der Waals surface area contributed by atoms with Gasteiger partial charge < -0.3 is 10.1 Å². The molecular weight excluding hydrogens is 411 g/mol. The Kier molecular flexibility index (Phi) is 6.26. The van der Waals surface area contributed by atoms with Crippen LogP contribution in [0.2, 0.25) is 10.0 Å². The minimum atomic E-state index is -3.81. The van der Waals surface area contributed by atoms with Gasteiger partial charge in [0.15, 0.2) is 0 Å². The van der Waals surface area contributed by atoms with Crippen LogP contribution in [0, 0.1) is 0 Å². The van der Waals surface area contributed by atoms with Gasteiger partial charge in [-0.25, -0.2) is 8.42 Å². The maximum absolute atomic E-state index is 12.5. The van der Waals surface area contributed by atoms with E-state index in [0.29, 0.717) is 18.2 Å². The molecule has 0 bridgehead atoms. The normalized spacial score (nSPS) is 16.9. The summed E-state index contributed by atoms with van der Waals surface area (Å²) in [6.07, 6.45) is 1.87. The molecule has 144 valence electrons. The number of amides is 1. The summed E-state index contributed by atoms with van der Waals surface area (Å²) >= 11 is 11.9. The van der Waals surface area contributed by atoms with E-state index >= 15 is 0 Å². The number of hydrogen-bond acceptors (Lipinski definition) is 4. The Labute approximate surface area is 167 Å². The van der Waals surface area contributed by atoms with Gasteiger partial charge in [-0.3, -0.25) is 9.52 Å². The average Bonchev–Trinajstić information content (AvgIpc) is 3.15. The topological polar surface area (TPSA) is 84.5 Å². The van der Waals surface area contributed by atoms with Crippen molar-refractivity contribution in [2.75, 3.05) is 17.9 Å². The molecule has 9 heteroatoms. The zero-order valence-corrected chi connectivity index (χ0v) is 16.6. The maximum Gasteiger partial charge on any atom is 0.261 e. The number of sulfonamides is 1. The second-order valence-electron chi connectivity index (χ2n) is 6.10. The first-order valence-corrected chi connectivity index (χ1v) is 10.6. The van der Waals surface area contributed by atoms with E-state index in [-0.39, 0.29) is 33.2 Å². The molecule has 0 aromatic heterocycles. The van der Waals surface area contributed by atoms with Gasteiger partial charge in [-0.05, 0) is 55.3 Å². The highest BCUT2D eigenvalue weighted by molar-refractivity contribution is 7.92. The molecule has 2 aromatic rings.